The van der Waals surface area contributed by atoms with E-state index in [9.17, 15) is 10.2 Å². The van der Waals surface area contributed by atoms with Gasteiger partial charge in [0.05, 0.1) is 21.6 Å². The van der Waals surface area contributed by atoms with Gasteiger partial charge in [-0.1, -0.05) is 239 Å². The largest absolute Gasteiger partial charge is 0.507 e. The summed E-state index contributed by atoms with van der Waals surface area (Å²) in [5.74, 6) is 0.573. The number of hydrogen-bond acceptors (Lipinski definition) is 8. The summed E-state index contributed by atoms with van der Waals surface area (Å²) in [6, 6.07) is 65.4. The molecule has 0 radical (unpaired) electrons. The van der Waals surface area contributed by atoms with Crippen LogP contribution in [-0.4, -0.2) is 32.6 Å². The van der Waals surface area contributed by atoms with Crippen LogP contribution in [0.3, 0.4) is 0 Å². The number of aromatic nitrogens is 2. The van der Waals surface area contributed by atoms with Crippen molar-refractivity contribution in [3.8, 4) is 54.9 Å². The van der Waals surface area contributed by atoms with E-state index in [1.165, 1.54) is 49.4 Å². The maximum atomic E-state index is 11.4. The molecule has 0 aliphatic rings. The molecule has 0 saturated heterocycles. The van der Waals surface area contributed by atoms with Gasteiger partial charge in [-0.2, -0.15) is 0 Å². The van der Waals surface area contributed by atoms with Crippen LogP contribution in [0.15, 0.2) is 186 Å². The Morgan fingerprint density at radius 2 is 0.763 bits per heavy atom. The van der Waals surface area contributed by atoms with Gasteiger partial charge in [-0.25, -0.2) is 9.97 Å². The molecule has 0 fully saturated rings. The molecule has 0 amide bonds. The number of phenolic OH excluding ortho intramolecular Hbond substituents is 2. The molecule has 0 unspecified atom stereocenters. The second-order valence-electron chi connectivity index (χ2n) is 30.8. The van der Waals surface area contributed by atoms with Crippen LogP contribution in [-0.2, 0) is 53.6 Å². The number of rotatable bonds is 8. The van der Waals surface area contributed by atoms with E-state index in [1.54, 1.807) is 28.9 Å². The molecule has 2 aromatic heterocycles. The quantitative estimate of drug-likeness (QED) is 0.117. The third-order valence-electron chi connectivity index (χ3n) is 17.3. The zero-order chi connectivity index (χ0) is 66.0. The van der Waals surface area contributed by atoms with Crippen LogP contribution < -0.4 is 0 Å². The van der Waals surface area contributed by atoms with Crippen molar-refractivity contribution in [3.05, 3.63) is 226 Å². The fraction of sp³-hybridized carbons (Fsp3) is 0.286. The molecule has 12 aromatic rings. The molecular formula is C84H87N4O2PtS2-. The zero-order valence-electron chi connectivity index (χ0n) is 57.2. The van der Waals surface area contributed by atoms with Gasteiger partial charge >= 0.3 is 0 Å². The van der Waals surface area contributed by atoms with Gasteiger partial charge in [0.25, 0.3) is 0 Å². The molecule has 0 spiro atoms. The van der Waals surface area contributed by atoms with Gasteiger partial charge in [-0.05, 0) is 132 Å². The van der Waals surface area contributed by atoms with Gasteiger partial charge in [0.1, 0.15) is 21.5 Å². The van der Waals surface area contributed by atoms with Crippen molar-refractivity contribution in [2.45, 2.75) is 157 Å². The maximum Gasteiger partial charge on any atom is 0.128 e. The third-order valence-corrected chi connectivity index (χ3v) is 19.4. The second kappa shape index (κ2) is 25.8. The number of nitrogens with zero attached hydrogens (tertiary/aromatic N) is 4. The number of para-hydroxylation sites is 2. The number of hydrogen-bond donors (Lipinski definition) is 2. The van der Waals surface area contributed by atoms with Crippen LogP contribution in [0, 0.1) is 6.07 Å². The number of aromatic hydroxyl groups is 2. The molecule has 0 bridgehead atoms. The van der Waals surface area contributed by atoms with Gasteiger partial charge in [-0.3, -0.25) is 9.98 Å². The standard InChI is InChI=1S/C42H44N2OS.C42H43N2OS.Pt/c2*1-40(2,3)30-21-29(38(45)34(23-30)42(7,8)9)25-43-35-17-13-12-16-32(35)39-44-37-33(22-31(41(4,5)6)24-36(37)46-39)28-19-18-26-14-10-11-15-27(26)20-28;/h10-25,45H,1-9H3;10-18,20-25,45H,1-9H3;/q;-1;. The monoisotopic (exact) mass is 1440 g/mol. The summed E-state index contributed by atoms with van der Waals surface area (Å²) >= 11 is 3.40. The summed E-state index contributed by atoms with van der Waals surface area (Å²) in [4.78, 5) is 20.5. The van der Waals surface area contributed by atoms with Crippen LogP contribution in [0.4, 0.5) is 11.4 Å². The van der Waals surface area contributed by atoms with Crippen LogP contribution >= 0.6 is 22.7 Å². The summed E-state index contributed by atoms with van der Waals surface area (Å²) in [5.41, 5.74) is 17.6. The van der Waals surface area contributed by atoms with Crippen molar-refractivity contribution >= 4 is 88.5 Å². The Morgan fingerprint density at radius 3 is 1.22 bits per heavy atom. The van der Waals surface area contributed by atoms with E-state index in [0.717, 1.165) is 91.9 Å². The third kappa shape index (κ3) is 14.8. The maximum absolute atomic E-state index is 11.4. The molecule has 478 valence electrons. The molecule has 0 saturated carbocycles. The molecule has 0 aliphatic heterocycles. The predicted molar refractivity (Wildman–Crippen MR) is 398 cm³/mol. The first kappa shape index (κ1) is 68.0. The molecule has 12 rings (SSSR count). The van der Waals surface area contributed by atoms with E-state index in [-0.39, 0.29) is 65.1 Å². The summed E-state index contributed by atoms with van der Waals surface area (Å²) in [7, 11) is 0. The van der Waals surface area contributed by atoms with E-state index in [4.69, 9.17) is 20.0 Å². The Bertz CT molecular complexity index is 4540. The minimum atomic E-state index is -0.209. The normalized spacial score (nSPS) is 12.8. The molecule has 0 aliphatic carbocycles. The molecular weight excluding hydrogens is 1360 g/mol. The summed E-state index contributed by atoms with van der Waals surface area (Å²) in [5, 5.41) is 29.4. The van der Waals surface area contributed by atoms with E-state index >= 15 is 0 Å². The van der Waals surface area contributed by atoms with Gasteiger partial charge in [-0.15, -0.1) is 51.8 Å². The number of phenols is 2. The van der Waals surface area contributed by atoms with Crippen molar-refractivity contribution in [2.75, 3.05) is 0 Å². The van der Waals surface area contributed by atoms with Crippen molar-refractivity contribution in [1.29, 1.82) is 0 Å². The summed E-state index contributed by atoms with van der Waals surface area (Å²) in [6.45, 7) is 39.5. The summed E-state index contributed by atoms with van der Waals surface area (Å²) < 4.78 is 2.30. The second-order valence-corrected chi connectivity index (χ2v) is 32.9. The topological polar surface area (TPSA) is 91.0 Å². The Kier molecular flexibility index (Phi) is 18.9. The van der Waals surface area contributed by atoms with Gasteiger partial charge in [0.2, 0.25) is 0 Å². The van der Waals surface area contributed by atoms with Crippen LogP contribution in [0.25, 0.3) is 85.4 Å². The molecule has 9 heteroatoms. The zero-order valence-corrected chi connectivity index (χ0v) is 61.1. The Balaban J connectivity index is 0.000000201. The molecule has 2 N–H and O–H groups in total. The first-order valence-corrected chi connectivity index (χ1v) is 33.7. The minimum Gasteiger partial charge on any atom is -0.507 e. The number of benzene rings is 10. The van der Waals surface area contributed by atoms with Crippen molar-refractivity contribution < 1.29 is 31.3 Å². The average Bonchev–Trinajstić information content (AvgIpc) is 1.72. The number of fused-ring (bicyclic) bond motifs is 4. The van der Waals surface area contributed by atoms with E-state index < -0.39 is 0 Å². The predicted octanol–water partition coefficient (Wildman–Crippen LogP) is 24.1. The molecule has 0 atom stereocenters. The molecule has 10 aromatic carbocycles. The minimum absolute atomic E-state index is 0. The van der Waals surface area contributed by atoms with Crippen LogP contribution in [0.5, 0.6) is 11.5 Å². The van der Waals surface area contributed by atoms with E-state index in [1.807, 2.05) is 42.6 Å². The molecule has 93 heavy (non-hydrogen) atoms. The molecule has 6 nitrogen and oxygen atoms in total. The number of aliphatic imine (C=N–C) groups is 2. The fourth-order valence-electron chi connectivity index (χ4n) is 11.6. The van der Waals surface area contributed by atoms with Gasteiger partial charge < -0.3 is 10.2 Å². The SMILES string of the molecule is CC(C)(C)c1cc(C=Nc2ccccc2-c2nc3c(-c4[c-]cc5ccccc5c4)cc(C(C)(C)C)cc3s2)c(O)c(C(C)(C)C)c1.CC(C)(C)c1cc(C=Nc2ccccc2-c2nc3c(-c4ccc5ccccc5c4)cc(C(C)(C)C)cc3s2)c(O)c(C(C)(C)C)c1.[Pt]. The Labute approximate surface area is 574 Å². The molecule has 2 heterocycles. The average molecular weight is 1440 g/mol. The fourth-order valence-corrected chi connectivity index (χ4v) is 13.7. The van der Waals surface area contributed by atoms with Crippen molar-refractivity contribution in [2.24, 2.45) is 9.98 Å². The Hall–Kier alpha value is -7.87. The van der Waals surface area contributed by atoms with Crippen molar-refractivity contribution in [3.63, 3.8) is 0 Å². The first-order chi connectivity index (χ1) is 43.2. The van der Waals surface area contributed by atoms with E-state index in [2.05, 4.69) is 270 Å². The van der Waals surface area contributed by atoms with Gasteiger partial charge in [0.15, 0.2) is 0 Å². The van der Waals surface area contributed by atoms with E-state index in [0.29, 0.717) is 0 Å². The van der Waals surface area contributed by atoms with Gasteiger partial charge in [0, 0.05) is 82.7 Å². The van der Waals surface area contributed by atoms with Crippen LogP contribution in [0.2, 0.25) is 0 Å². The summed E-state index contributed by atoms with van der Waals surface area (Å²) in [6.07, 6.45) is 3.61. The van der Waals surface area contributed by atoms with Crippen molar-refractivity contribution in [1.82, 2.24) is 9.97 Å². The first-order valence-electron chi connectivity index (χ1n) is 32.0. The Morgan fingerprint density at radius 1 is 0.376 bits per heavy atom. The smallest absolute Gasteiger partial charge is 0.128 e. The van der Waals surface area contributed by atoms with Crippen LogP contribution in [0.1, 0.15) is 169 Å². The number of thiazole rings is 2.